The number of nitrogens with zero attached hydrogens (tertiary/aromatic N) is 1. The summed E-state index contributed by atoms with van der Waals surface area (Å²) in [6, 6.07) is 7.37. The van der Waals surface area contributed by atoms with Crippen LogP contribution in [0.25, 0.3) is 0 Å². The van der Waals surface area contributed by atoms with Crippen LogP contribution in [0, 0.1) is 0 Å². The number of rotatable bonds is 2. The molecule has 0 spiro atoms. The van der Waals surface area contributed by atoms with Crippen molar-refractivity contribution in [3.05, 3.63) is 29.8 Å². The van der Waals surface area contributed by atoms with Crippen molar-refractivity contribution in [2.24, 2.45) is 0 Å². The van der Waals surface area contributed by atoms with E-state index in [9.17, 15) is 4.79 Å². The van der Waals surface area contributed by atoms with E-state index in [4.69, 9.17) is 9.47 Å². The molecule has 2 atom stereocenters. The Bertz CT molecular complexity index is 433. The van der Waals surface area contributed by atoms with Gasteiger partial charge in [-0.1, -0.05) is 6.07 Å². The first kappa shape index (κ1) is 12.9. The number of ether oxygens (including phenoxy) is 2. The number of benzene rings is 1. The first-order valence-electron chi connectivity index (χ1n) is 6.18. The van der Waals surface area contributed by atoms with E-state index >= 15 is 0 Å². The lowest BCUT2D eigenvalue weighted by molar-refractivity contribution is -0.0387. The van der Waals surface area contributed by atoms with Crippen LogP contribution in [0.3, 0.4) is 0 Å². The molecular weight excluding hydrogens is 230 g/mol. The minimum absolute atomic E-state index is 0.0385. The van der Waals surface area contributed by atoms with Gasteiger partial charge in [0.25, 0.3) is 5.91 Å². The van der Waals surface area contributed by atoms with Crippen LogP contribution in [0.15, 0.2) is 24.3 Å². The first-order valence-corrected chi connectivity index (χ1v) is 6.18. The van der Waals surface area contributed by atoms with Gasteiger partial charge in [0.05, 0.1) is 25.9 Å². The third-order valence-electron chi connectivity index (χ3n) is 3.19. The van der Waals surface area contributed by atoms with Crippen LogP contribution in [0.4, 0.5) is 0 Å². The minimum atomic E-state index is 0.0385. The van der Waals surface area contributed by atoms with Crippen LogP contribution in [0.5, 0.6) is 5.75 Å². The van der Waals surface area contributed by atoms with Gasteiger partial charge in [0.2, 0.25) is 0 Å². The van der Waals surface area contributed by atoms with Gasteiger partial charge in [0.1, 0.15) is 5.75 Å². The summed E-state index contributed by atoms with van der Waals surface area (Å²) >= 11 is 0. The Hall–Kier alpha value is -1.55. The molecule has 0 aliphatic carbocycles. The number of carbonyl (C=O) groups is 1. The standard InChI is InChI=1S/C14H19NO3/c1-10-9-18-11(2)8-15(10)14(16)12-5-4-6-13(7-12)17-3/h4-7,10-11H,8-9H2,1-3H3. The lowest BCUT2D eigenvalue weighted by Crippen LogP contribution is -2.50. The van der Waals surface area contributed by atoms with Gasteiger partial charge >= 0.3 is 0 Å². The first-order chi connectivity index (χ1) is 8.61. The zero-order chi connectivity index (χ0) is 13.1. The quantitative estimate of drug-likeness (QED) is 0.804. The molecule has 0 radical (unpaired) electrons. The molecule has 1 fully saturated rings. The molecule has 0 aromatic heterocycles. The van der Waals surface area contributed by atoms with Crippen LogP contribution in [-0.4, -0.2) is 43.2 Å². The van der Waals surface area contributed by atoms with Gasteiger partial charge in [-0.15, -0.1) is 0 Å². The molecule has 4 heteroatoms. The van der Waals surface area contributed by atoms with E-state index in [2.05, 4.69) is 0 Å². The van der Waals surface area contributed by atoms with Crippen molar-refractivity contribution in [3.63, 3.8) is 0 Å². The third-order valence-corrected chi connectivity index (χ3v) is 3.19. The molecule has 2 unspecified atom stereocenters. The molecule has 0 N–H and O–H groups in total. The Balaban J connectivity index is 2.18. The number of hydrogen-bond acceptors (Lipinski definition) is 3. The Morgan fingerprint density at radius 3 is 2.94 bits per heavy atom. The zero-order valence-electron chi connectivity index (χ0n) is 11.1. The molecular formula is C14H19NO3. The molecule has 0 saturated carbocycles. The van der Waals surface area contributed by atoms with Crippen molar-refractivity contribution >= 4 is 5.91 Å². The number of hydrogen-bond donors (Lipinski definition) is 0. The average Bonchev–Trinajstić information content (AvgIpc) is 2.41. The SMILES string of the molecule is COc1cccc(C(=O)N2CC(C)OCC2C)c1. The van der Waals surface area contributed by atoms with Gasteiger partial charge < -0.3 is 14.4 Å². The maximum Gasteiger partial charge on any atom is 0.254 e. The molecule has 0 bridgehead atoms. The fraction of sp³-hybridized carbons (Fsp3) is 0.500. The second-order valence-corrected chi connectivity index (χ2v) is 4.68. The summed E-state index contributed by atoms with van der Waals surface area (Å²) < 4.78 is 10.7. The molecule has 1 aliphatic heterocycles. The molecule has 98 valence electrons. The van der Waals surface area contributed by atoms with Crippen LogP contribution in [0.2, 0.25) is 0 Å². The molecule has 1 aliphatic rings. The van der Waals surface area contributed by atoms with Crippen LogP contribution < -0.4 is 4.74 Å². The highest BCUT2D eigenvalue weighted by molar-refractivity contribution is 5.94. The van der Waals surface area contributed by atoms with Crippen molar-refractivity contribution in [1.29, 1.82) is 0 Å². The molecule has 4 nitrogen and oxygen atoms in total. The number of amides is 1. The predicted octanol–water partition coefficient (Wildman–Crippen LogP) is 1.94. The van der Waals surface area contributed by atoms with Crippen LogP contribution >= 0.6 is 0 Å². The van der Waals surface area contributed by atoms with Gasteiger partial charge in [-0.25, -0.2) is 0 Å². The van der Waals surface area contributed by atoms with Gasteiger partial charge in [-0.2, -0.15) is 0 Å². The largest absolute Gasteiger partial charge is 0.497 e. The number of methoxy groups -OCH3 is 1. The second-order valence-electron chi connectivity index (χ2n) is 4.68. The van der Waals surface area contributed by atoms with Crippen molar-refractivity contribution in [2.45, 2.75) is 26.0 Å². The summed E-state index contributed by atoms with van der Waals surface area (Å²) in [4.78, 5) is 14.3. The average molecular weight is 249 g/mol. The van der Waals surface area contributed by atoms with E-state index in [1.54, 1.807) is 13.2 Å². The summed E-state index contributed by atoms with van der Waals surface area (Å²) in [5, 5.41) is 0. The van der Waals surface area contributed by atoms with Crippen molar-refractivity contribution in [3.8, 4) is 5.75 Å². The number of carbonyl (C=O) groups excluding carboxylic acids is 1. The van der Waals surface area contributed by atoms with Crippen molar-refractivity contribution in [2.75, 3.05) is 20.3 Å². The van der Waals surface area contributed by atoms with Crippen LogP contribution in [-0.2, 0) is 4.74 Å². The van der Waals surface area contributed by atoms with Crippen LogP contribution in [0.1, 0.15) is 24.2 Å². The number of morpholine rings is 1. The van der Waals surface area contributed by atoms with Crippen molar-refractivity contribution in [1.82, 2.24) is 4.90 Å². The normalized spacial score (nSPS) is 23.8. The van der Waals surface area contributed by atoms with Gasteiger partial charge in [0.15, 0.2) is 0 Å². The summed E-state index contributed by atoms with van der Waals surface area (Å²) in [5.41, 5.74) is 0.662. The zero-order valence-corrected chi connectivity index (χ0v) is 11.1. The highest BCUT2D eigenvalue weighted by atomic mass is 16.5. The van der Waals surface area contributed by atoms with E-state index in [0.717, 1.165) is 0 Å². The monoisotopic (exact) mass is 249 g/mol. The van der Waals surface area contributed by atoms with Gasteiger partial charge in [-0.05, 0) is 32.0 Å². The fourth-order valence-electron chi connectivity index (χ4n) is 2.11. The molecule has 18 heavy (non-hydrogen) atoms. The molecule has 1 saturated heterocycles. The smallest absolute Gasteiger partial charge is 0.254 e. The Kier molecular flexibility index (Phi) is 3.87. The van der Waals surface area contributed by atoms with Gasteiger partial charge in [-0.3, -0.25) is 4.79 Å². The Morgan fingerprint density at radius 2 is 2.22 bits per heavy atom. The lowest BCUT2D eigenvalue weighted by Gasteiger charge is -2.36. The predicted molar refractivity (Wildman–Crippen MR) is 68.9 cm³/mol. The Morgan fingerprint density at radius 1 is 1.44 bits per heavy atom. The minimum Gasteiger partial charge on any atom is -0.497 e. The molecule has 1 heterocycles. The molecule has 1 aromatic carbocycles. The highest BCUT2D eigenvalue weighted by Crippen LogP contribution is 2.18. The van der Waals surface area contributed by atoms with E-state index in [1.165, 1.54) is 0 Å². The summed E-state index contributed by atoms with van der Waals surface area (Å²) in [6.07, 6.45) is 0.0933. The third kappa shape index (κ3) is 2.64. The van der Waals surface area contributed by atoms with E-state index < -0.39 is 0 Å². The second kappa shape index (κ2) is 5.40. The summed E-state index contributed by atoms with van der Waals surface area (Å²) in [6.45, 7) is 5.22. The molecule has 1 aromatic rings. The maximum atomic E-state index is 12.4. The topological polar surface area (TPSA) is 38.8 Å². The fourth-order valence-corrected chi connectivity index (χ4v) is 2.11. The maximum absolute atomic E-state index is 12.4. The van der Waals surface area contributed by atoms with E-state index in [-0.39, 0.29) is 18.1 Å². The summed E-state index contributed by atoms with van der Waals surface area (Å²) in [5.74, 6) is 0.742. The van der Waals surface area contributed by atoms with Crippen molar-refractivity contribution < 1.29 is 14.3 Å². The van der Waals surface area contributed by atoms with E-state index in [0.29, 0.717) is 24.5 Å². The van der Waals surface area contributed by atoms with Gasteiger partial charge in [0, 0.05) is 12.1 Å². The Labute approximate surface area is 107 Å². The summed E-state index contributed by atoms with van der Waals surface area (Å²) in [7, 11) is 1.60. The van der Waals surface area contributed by atoms with E-state index in [1.807, 2.05) is 36.9 Å². The molecule has 2 rings (SSSR count). The highest BCUT2D eigenvalue weighted by Gasteiger charge is 2.28. The lowest BCUT2D eigenvalue weighted by atomic mass is 10.1. The molecule has 1 amide bonds.